The van der Waals surface area contributed by atoms with Crippen molar-refractivity contribution in [2.45, 2.75) is 78.2 Å². The van der Waals surface area contributed by atoms with Gasteiger partial charge < -0.3 is 14.6 Å². The van der Waals surface area contributed by atoms with Crippen molar-refractivity contribution >= 4 is 5.97 Å². The number of carbonyl (C=O) groups is 1. The predicted molar refractivity (Wildman–Crippen MR) is 113 cm³/mol. The third-order valence-corrected chi connectivity index (χ3v) is 5.34. The summed E-state index contributed by atoms with van der Waals surface area (Å²) in [6, 6.07) is 5.76. The van der Waals surface area contributed by atoms with E-state index in [1.54, 1.807) is 0 Å². The van der Waals surface area contributed by atoms with Crippen molar-refractivity contribution < 1.29 is 19.4 Å². The SMILES string of the molecule is CC(C)CCCC(C)C/C=C/C1(C)CCc2cc(OCCC(=O)O)ccc2O1. The minimum absolute atomic E-state index is 0.00629. The largest absolute Gasteiger partial charge is 0.493 e. The van der Waals surface area contributed by atoms with Gasteiger partial charge in [-0.05, 0) is 67.9 Å². The van der Waals surface area contributed by atoms with E-state index < -0.39 is 5.97 Å². The van der Waals surface area contributed by atoms with Gasteiger partial charge in [0.1, 0.15) is 17.1 Å². The van der Waals surface area contributed by atoms with Crippen LogP contribution in [0.5, 0.6) is 11.5 Å². The summed E-state index contributed by atoms with van der Waals surface area (Å²) in [5, 5.41) is 8.70. The van der Waals surface area contributed by atoms with Gasteiger partial charge in [-0.3, -0.25) is 4.79 Å². The highest BCUT2D eigenvalue weighted by Crippen LogP contribution is 2.36. The van der Waals surface area contributed by atoms with Crippen LogP contribution in [0, 0.1) is 11.8 Å². The molecule has 0 aliphatic carbocycles. The highest BCUT2D eigenvalue weighted by Gasteiger charge is 2.29. The molecular formula is C24H36O4. The standard InChI is InChI=1S/C24H36O4/c1-18(2)7-5-8-19(3)9-6-14-24(4)15-12-20-17-21(10-11-22(20)28-24)27-16-13-23(25)26/h6,10-11,14,17-19H,5,7-9,12-13,15-16H2,1-4H3,(H,25,26)/b14-6+. The minimum Gasteiger partial charge on any atom is -0.493 e. The van der Waals surface area contributed by atoms with Crippen LogP contribution in [0.4, 0.5) is 0 Å². The van der Waals surface area contributed by atoms with E-state index in [1.807, 2.05) is 18.2 Å². The Hall–Kier alpha value is -1.97. The molecule has 2 rings (SSSR count). The monoisotopic (exact) mass is 388 g/mol. The quantitative estimate of drug-likeness (QED) is 0.470. The molecule has 28 heavy (non-hydrogen) atoms. The van der Waals surface area contributed by atoms with E-state index in [0.29, 0.717) is 11.7 Å². The van der Waals surface area contributed by atoms with Crippen molar-refractivity contribution in [2.24, 2.45) is 11.8 Å². The summed E-state index contributed by atoms with van der Waals surface area (Å²) in [7, 11) is 0. The van der Waals surface area contributed by atoms with Gasteiger partial charge in [-0.2, -0.15) is 0 Å². The highest BCUT2D eigenvalue weighted by atomic mass is 16.5. The Morgan fingerprint density at radius 3 is 2.82 bits per heavy atom. The molecule has 0 amide bonds. The van der Waals surface area contributed by atoms with Crippen LogP contribution < -0.4 is 9.47 Å². The maximum Gasteiger partial charge on any atom is 0.306 e. The molecule has 0 saturated carbocycles. The third-order valence-electron chi connectivity index (χ3n) is 5.34. The first-order chi connectivity index (χ1) is 13.3. The summed E-state index contributed by atoms with van der Waals surface area (Å²) in [4.78, 5) is 10.6. The topological polar surface area (TPSA) is 55.8 Å². The second-order valence-corrected chi connectivity index (χ2v) is 8.74. The third kappa shape index (κ3) is 7.57. The number of ether oxygens (including phenoxy) is 2. The first kappa shape index (κ1) is 22.3. The Bertz CT molecular complexity index is 665. The molecule has 1 N–H and O–H groups in total. The second-order valence-electron chi connectivity index (χ2n) is 8.74. The van der Waals surface area contributed by atoms with Crippen LogP contribution in [0.25, 0.3) is 0 Å². The van der Waals surface area contributed by atoms with Gasteiger partial charge in [0.15, 0.2) is 0 Å². The van der Waals surface area contributed by atoms with Gasteiger partial charge in [-0.25, -0.2) is 0 Å². The molecule has 2 unspecified atom stereocenters. The van der Waals surface area contributed by atoms with Crippen molar-refractivity contribution in [1.29, 1.82) is 0 Å². The number of aliphatic carboxylic acids is 1. The summed E-state index contributed by atoms with van der Waals surface area (Å²) < 4.78 is 11.8. The number of carboxylic acid groups (broad SMARTS) is 1. The lowest BCUT2D eigenvalue weighted by atomic mass is 9.91. The fourth-order valence-electron chi connectivity index (χ4n) is 3.54. The molecule has 4 nitrogen and oxygen atoms in total. The molecule has 1 aliphatic rings. The second kappa shape index (κ2) is 10.5. The van der Waals surface area contributed by atoms with Crippen LogP contribution in [0.3, 0.4) is 0 Å². The van der Waals surface area contributed by atoms with Crippen LogP contribution in [-0.4, -0.2) is 23.3 Å². The van der Waals surface area contributed by atoms with E-state index in [9.17, 15) is 4.79 Å². The molecule has 0 radical (unpaired) electrons. The number of aryl methyl sites for hydroxylation is 1. The number of benzene rings is 1. The first-order valence-electron chi connectivity index (χ1n) is 10.6. The zero-order chi connectivity index (χ0) is 20.6. The van der Waals surface area contributed by atoms with Crippen LogP contribution in [-0.2, 0) is 11.2 Å². The van der Waals surface area contributed by atoms with Gasteiger partial charge in [0.2, 0.25) is 0 Å². The molecule has 0 aromatic heterocycles. The zero-order valence-corrected chi connectivity index (χ0v) is 17.9. The van der Waals surface area contributed by atoms with Gasteiger partial charge in [0.25, 0.3) is 0 Å². The Kier molecular flexibility index (Phi) is 8.40. The smallest absolute Gasteiger partial charge is 0.306 e. The summed E-state index contributed by atoms with van der Waals surface area (Å²) in [6.07, 6.45) is 11.4. The van der Waals surface area contributed by atoms with Crippen molar-refractivity contribution in [3.63, 3.8) is 0 Å². The Labute approximate surface area is 169 Å². The van der Waals surface area contributed by atoms with E-state index in [2.05, 4.69) is 39.8 Å². The normalized spacial score (nSPS) is 20.0. The van der Waals surface area contributed by atoms with E-state index in [1.165, 1.54) is 19.3 Å². The fraction of sp³-hybridized carbons (Fsp3) is 0.625. The van der Waals surface area contributed by atoms with Crippen molar-refractivity contribution in [3.8, 4) is 11.5 Å². The van der Waals surface area contributed by atoms with Crippen LogP contribution in [0.1, 0.15) is 71.8 Å². The first-order valence-corrected chi connectivity index (χ1v) is 10.6. The molecule has 0 fully saturated rings. The van der Waals surface area contributed by atoms with Crippen LogP contribution in [0.15, 0.2) is 30.4 Å². The molecule has 156 valence electrons. The Morgan fingerprint density at radius 1 is 1.32 bits per heavy atom. The van der Waals surface area contributed by atoms with E-state index in [4.69, 9.17) is 14.6 Å². The maximum absolute atomic E-state index is 10.6. The molecule has 1 aromatic rings. The van der Waals surface area contributed by atoms with E-state index in [0.717, 1.165) is 36.5 Å². The number of allylic oxidation sites excluding steroid dienone is 1. The van der Waals surface area contributed by atoms with Gasteiger partial charge in [0.05, 0.1) is 13.0 Å². The molecule has 4 heteroatoms. The number of rotatable bonds is 11. The maximum atomic E-state index is 10.6. The van der Waals surface area contributed by atoms with Gasteiger partial charge in [-0.15, -0.1) is 0 Å². The van der Waals surface area contributed by atoms with E-state index in [-0.39, 0.29) is 18.6 Å². The number of fused-ring (bicyclic) bond motifs is 1. The minimum atomic E-state index is -0.849. The fourth-order valence-corrected chi connectivity index (χ4v) is 3.54. The van der Waals surface area contributed by atoms with Gasteiger partial charge in [-0.1, -0.05) is 46.1 Å². The molecule has 0 saturated heterocycles. The summed E-state index contributed by atoms with van der Waals surface area (Å²) in [6.45, 7) is 9.23. The zero-order valence-electron chi connectivity index (χ0n) is 17.9. The molecule has 1 heterocycles. The lowest BCUT2D eigenvalue weighted by Gasteiger charge is -2.33. The van der Waals surface area contributed by atoms with E-state index >= 15 is 0 Å². The Balaban J connectivity index is 1.84. The average molecular weight is 389 g/mol. The molecule has 1 aliphatic heterocycles. The summed E-state index contributed by atoms with van der Waals surface area (Å²) >= 11 is 0. The van der Waals surface area contributed by atoms with Gasteiger partial charge in [0, 0.05) is 0 Å². The number of hydrogen-bond acceptors (Lipinski definition) is 3. The average Bonchev–Trinajstić information content (AvgIpc) is 2.61. The predicted octanol–water partition coefficient (Wildman–Crippen LogP) is 6.03. The molecule has 1 aromatic carbocycles. The van der Waals surface area contributed by atoms with Crippen molar-refractivity contribution in [2.75, 3.05) is 6.61 Å². The van der Waals surface area contributed by atoms with Crippen LogP contribution in [0.2, 0.25) is 0 Å². The van der Waals surface area contributed by atoms with Gasteiger partial charge >= 0.3 is 5.97 Å². The van der Waals surface area contributed by atoms with Crippen molar-refractivity contribution in [1.82, 2.24) is 0 Å². The lowest BCUT2D eigenvalue weighted by molar-refractivity contribution is -0.137. The van der Waals surface area contributed by atoms with Crippen LogP contribution >= 0.6 is 0 Å². The molecular weight excluding hydrogens is 352 g/mol. The highest BCUT2D eigenvalue weighted by molar-refractivity contribution is 5.66. The number of carboxylic acids is 1. The molecule has 2 atom stereocenters. The summed E-state index contributed by atoms with van der Waals surface area (Å²) in [5.41, 5.74) is 0.858. The number of hydrogen-bond donors (Lipinski definition) is 1. The molecule has 0 spiro atoms. The summed E-state index contributed by atoms with van der Waals surface area (Å²) in [5.74, 6) is 2.26. The van der Waals surface area contributed by atoms with Crippen molar-refractivity contribution in [3.05, 3.63) is 35.9 Å². The Morgan fingerprint density at radius 2 is 2.11 bits per heavy atom. The molecule has 0 bridgehead atoms. The lowest BCUT2D eigenvalue weighted by Crippen LogP contribution is -2.34.